The summed E-state index contributed by atoms with van der Waals surface area (Å²) in [6.07, 6.45) is 27.6. The number of carbonyl (C=O) groups is 8. The van der Waals surface area contributed by atoms with E-state index in [1.54, 1.807) is 0 Å². The molecule has 0 amide bonds. The first kappa shape index (κ1) is 90.2. The van der Waals surface area contributed by atoms with Crippen LogP contribution in [0.15, 0.2) is 213 Å². The van der Waals surface area contributed by atoms with Crippen LogP contribution in [-0.2, 0) is 66.8 Å². The molecule has 2 unspecified atom stereocenters. The number of carbonyl (C=O) groups excluding carboxylic acids is 7. The maximum Gasteiger partial charge on any atom is 0.306 e. The second-order valence-corrected chi connectivity index (χ2v) is 27.1. The van der Waals surface area contributed by atoms with Crippen molar-refractivity contribution in [3.05, 3.63) is 235 Å². The van der Waals surface area contributed by atoms with Crippen molar-refractivity contribution >= 4 is 47.8 Å². The standard InChI is InChI=1S/C23H19N.2C23H40O8.C22H18N2/c1-3-9-19(10-4-1)20-13-15-22(16-14-20)23(24-17-7-8-18-24)21-11-5-2-6-12-21;2*1-3-5-7-9-11-13-21(26)29-17-19(31-23(28)16-15-20(24)25)18-30-22(27)14-12-10-8-6-4-2;1-3-7-18(8-4-1)19-11-13-21(14-12-19)22(24-16-15-23-17-24)20-9-5-2-6-10-20/h1-18,23H;2*19H,3-18H2,1-2H3,(H,24,25);1-17,22H/p-1. The minimum atomic E-state index is -1.36. The third-order valence-corrected chi connectivity index (χ3v) is 18.0. The van der Waals surface area contributed by atoms with Gasteiger partial charge in [-0.25, -0.2) is 4.98 Å². The van der Waals surface area contributed by atoms with E-state index >= 15 is 0 Å². The molecule has 0 bridgehead atoms. The molecule has 8 aromatic rings. The van der Waals surface area contributed by atoms with Crippen LogP contribution >= 0.6 is 0 Å². The van der Waals surface area contributed by atoms with E-state index in [0.29, 0.717) is 0 Å². The fourth-order valence-electron chi connectivity index (χ4n) is 11.9. The van der Waals surface area contributed by atoms with Crippen LogP contribution in [0.25, 0.3) is 22.3 Å². The molecule has 0 spiro atoms. The van der Waals surface area contributed by atoms with Crippen molar-refractivity contribution in [3.8, 4) is 22.3 Å². The molecule has 0 saturated carbocycles. The number of carboxylic acids is 2. The van der Waals surface area contributed by atoms with Crippen LogP contribution in [0.1, 0.15) is 242 Å². The molecule has 0 aliphatic heterocycles. The third-order valence-electron chi connectivity index (χ3n) is 18.0. The summed E-state index contributed by atoms with van der Waals surface area (Å²) in [6.45, 7) is 7.52. The van der Waals surface area contributed by atoms with Crippen LogP contribution in [0.4, 0.5) is 0 Å². The highest BCUT2D eigenvalue weighted by Crippen LogP contribution is 2.31. The normalized spacial score (nSPS) is 11.3. The van der Waals surface area contributed by atoms with E-state index in [-0.39, 0.29) is 83.5 Å². The lowest BCUT2D eigenvalue weighted by molar-refractivity contribution is -0.305. The van der Waals surface area contributed by atoms with Gasteiger partial charge in [0.2, 0.25) is 0 Å². The monoisotopic (exact) mass is 1510 g/mol. The average molecular weight is 1510 g/mol. The largest absolute Gasteiger partial charge is 0.550 e. The third kappa shape index (κ3) is 38.6. The predicted molar refractivity (Wildman–Crippen MR) is 426 cm³/mol. The molecule has 110 heavy (non-hydrogen) atoms. The molecular formula is C91H116N3O16-. The number of ether oxygens (including phenoxy) is 6. The fraction of sp³-hybridized carbons (Fsp3) is 0.440. The Morgan fingerprint density at radius 3 is 0.936 bits per heavy atom. The fourth-order valence-corrected chi connectivity index (χ4v) is 11.9. The summed E-state index contributed by atoms with van der Waals surface area (Å²) in [4.78, 5) is 96.5. The SMILES string of the molecule is CCCCCCCC(=O)OCC(COC(=O)CCCCCCC)OC(=O)CCC(=O)O.CCCCCCCC(=O)OCC(COC(=O)CCCCCCC)OC(=O)CCC(=O)[O-].c1ccc(-c2ccc(C(c3ccccc3)n3cccc3)cc2)cc1.c1ccc(-c2ccc(C(c3ccccc3)n3ccnc3)cc2)cc1. The van der Waals surface area contributed by atoms with Crippen LogP contribution in [0.3, 0.4) is 0 Å². The molecule has 2 atom stereocenters. The molecule has 0 radical (unpaired) electrons. The Morgan fingerprint density at radius 1 is 0.327 bits per heavy atom. The average Bonchev–Trinajstić information content (AvgIpc) is 1.39. The Bertz CT molecular complexity index is 3470. The summed E-state index contributed by atoms with van der Waals surface area (Å²) in [7, 11) is 0. The van der Waals surface area contributed by atoms with Crippen molar-refractivity contribution in [1.29, 1.82) is 0 Å². The molecule has 0 aliphatic rings. The van der Waals surface area contributed by atoms with Crippen molar-refractivity contribution in [2.75, 3.05) is 26.4 Å². The molecule has 0 fully saturated rings. The van der Waals surface area contributed by atoms with Gasteiger partial charge in [-0.2, -0.15) is 0 Å². The first-order valence-corrected chi connectivity index (χ1v) is 39.5. The van der Waals surface area contributed by atoms with Crippen molar-refractivity contribution in [1.82, 2.24) is 14.1 Å². The lowest BCUT2D eigenvalue weighted by Crippen LogP contribution is -2.31. The van der Waals surface area contributed by atoms with Crippen molar-refractivity contribution in [2.45, 2.75) is 232 Å². The number of unbranched alkanes of at least 4 members (excludes halogenated alkanes) is 16. The summed E-state index contributed by atoms with van der Waals surface area (Å²) in [5.74, 6) is -5.60. The van der Waals surface area contributed by atoms with E-state index in [4.69, 9.17) is 33.5 Å². The second-order valence-electron chi connectivity index (χ2n) is 27.1. The van der Waals surface area contributed by atoms with Gasteiger partial charge >= 0.3 is 41.8 Å². The quantitative estimate of drug-likeness (QED) is 0.0211. The highest BCUT2D eigenvalue weighted by atomic mass is 16.6. The number of imidazole rings is 1. The van der Waals surface area contributed by atoms with Gasteiger partial charge in [0.25, 0.3) is 0 Å². The zero-order valence-corrected chi connectivity index (χ0v) is 65.1. The van der Waals surface area contributed by atoms with Gasteiger partial charge < -0.3 is 52.6 Å². The number of hydrogen-bond acceptors (Lipinski definition) is 16. The van der Waals surface area contributed by atoms with Gasteiger partial charge in [0, 0.05) is 56.4 Å². The molecule has 2 heterocycles. The lowest BCUT2D eigenvalue weighted by Gasteiger charge is -2.20. The maximum atomic E-state index is 11.9. The predicted octanol–water partition coefficient (Wildman–Crippen LogP) is 18.8. The Hall–Kier alpha value is -10.4. The van der Waals surface area contributed by atoms with Gasteiger partial charge in [0.1, 0.15) is 26.4 Å². The van der Waals surface area contributed by atoms with E-state index in [0.717, 1.165) is 128 Å². The van der Waals surface area contributed by atoms with Gasteiger partial charge in [-0.3, -0.25) is 33.6 Å². The minimum Gasteiger partial charge on any atom is -0.550 e. The molecular weight excluding hydrogens is 1390 g/mol. The number of hydrogen-bond donors (Lipinski definition) is 1. The summed E-state index contributed by atoms with van der Waals surface area (Å²) >= 11 is 0. The Morgan fingerprint density at radius 2 is 0.627 bits per heavy atom. The number of carboxylic acid groups (broad SMARTS) is 2. The van der Waals surface area contributed by atoms with Gasteiger partial charge in [-0.05, 0) is 88.7 Å². The Labute approximate surface area is 651 Å². The number of rotatable bonds is 48. The number of aliphatic carboxylic acids is 2. The molecule has 19 heteroatoms. The summed E-state index contributed by atoms with van der Waals surface area (Å²) < 4.78 is 35.4. The molecule has 0 saturated heterocycles. The number of nitrogens with zero attached hydrogens (tertiary/aromatic N) is 3. The first-order chi connectivity index (χ1) is 53.6. The van der Waals surface area contributed by atoms with Crippen LogP contribution in [-0.4, -0.2) is 106 Å². The van der Waals surface area contributed by atoms with E-state index in [2.05, 4.69) is 224 Å². The summed E-state index contributed by atoms with van der Waals surface area (Å²) in [5, 5.41) is 19.2. The number of benzene rings is 6. The van der Waals surface area contributed by atoms with Crippen LogP contribution in [0.2, 0.25) is 0 Å². The molecule has 1 N–H and O–H groups in total. The zero-order chi connectivity index (χ0) is 79.0. The van der Waals surface area contributed by atoms with Crippen molar-refractivity contribution in [2.24, 2.45) is 0 Å². The minimum absolute atomic E-state index is 0.138. The van der Waals surface area contributed by atoms with E-state index < -0.39 is 66.4 Å². The highest BCUT2D eigenvalue weighted by molar-refractivity contribution is 5.77. The number of aromatic nitrogens is 3. The zero-order valence-electron chi connectivity index (χ0n) is 65.1. The highest BCUT2D eigenvalue weighted by Gasteiger charge is 2.23. The van der Waals surface area contributed by atoms with E-state index in [1.807, 2.05) is 30.9 Å². The molecule has 592 valence electrons. The Kier molecular flexibility index (Phi) is 45.8. The van der Waals surface area contributed by atoms with Crippen LogP contribution < -0.4 is 5.11 Å². The smallest absolute Gasteiger partial charge is 0.306 e. The maximum absolute atomic E-state index is 11.9. The first-order valence-electron chi connectivity index (χ1n) is 39.5. The number of esters is 6. The molecule has 8 rings (SSSR count). The van der Waals surface area contributed by atoms with Gasteiger partial charge in [0.15, 0.2) is 12.2 Å². The molecule has 6 aromatic carbocycles. The molecule has 0 aliphatic carbocycles. The summed E-state index contributed by atoms with van der Waals surface area (Å²) in [5.41, 5.74) is 10.1. The van der Waals surface area contributed by atoms with Crippen molar-refractivity contribution in [3.63, 3.8) is 0 Å². The topological polar surface area (TPSA) is 258 Å². The molecule has 19 nitrogen and oxygen atoms in total. The lowest BCUT2D eigenvalue weighted by atomic mass is 9.96. The van der Waals surface area contributed by atoms with Crippen LogP contribution in [0, 0.1) is 0 Å². The van der Waals surface area contributed by atoms with Crippen LogP contribution in [0.5, 0.6) is 0 Å². The molecule has 2 aromatic heterocycles. The van der Waals surface area contributed by atoms with E-state index in [9.17, 15) is 43.5 Å². The van der Waals surface area contributed by atoms with Crippen molar-refractivity contribution < 1.29 is 77.0 Å². The van der Waals surface area contributed by atoms with Gasteiger partial charge in [-0.1, -0.05) is 300 Å². The van der Waals surface area contributed by atoms with E-state index in [1.165, 1.54) is 44.5 Å². The second kappa shape index (κ2) is 55.9. The Balaban J connectivity index is 0.000000264. The van der Waals surface area contributed by atoms with Gasteiger partial charge in [-0.15, -0.1) is 0 Å². The van der Waals surface area contributed by atoms with Gasteiger partial charge in [0.05, 0.1) is 37.7 Å². The summed E-state index contributed by atoms with van der Waals surface area (Å²) in [6, 6.07) is 64.3.